The predicted molar refractivity (Wildman–Crippen MR) is 146 cm³/mol. The summed E-state index contributed by atoms with van der Waals surface area (Å²) in [5.74, 6) is 6.44. The van der Waals surface area contributed by atoms with Crippen molar-refractivity contribution < 1.29 is 4.79 Å². The third-order valence-corrected chi connectivity index (χ3v) is 7.20. The number of piperazine rings is 1. The summed E-state index contributed by atoms with van der Waals surface area (Å²) in [5.41, 5.74) is 4.94. The maximum atomic E-state index is 13.2. The summed E-state index contributed by atoms with van der Waals surface area (Å²) in [5, 5.41) is 12.8. The van der Waals surface area contributed by atoms with Gasteiger partial charge in [-0.2, -0.15) is 5.10 Å². The van der Waals surface area contributed by atoms with Gasteiger partial charge in [-0.05, 0) is 55.2 Å². The highest BCUT2D eigenvalue weighted by Crippen LogP contribution is 2.29. The van der Waals surface area contributed by atoms with Gasteiger partial charge in [0, 0.05) is 56.4 Å². The molecule has 2 aliphatic rings. The van der Waals surface area contributed by atoms with Gasteiger partial charge in [-0.1, -0.05) is 6.07 Å². The molecule has 0 bridgehead atoms. The van der Waals surface area contributed by atoms with Crippen LogP contribution in [0.1, 0.15) is 29.8 Å². The number of carbonyl (C=O) groups excluding carboxylic acids is 1. The molecule has 10 heteroatoms. The molecule has 0 radical (unpaired) electrons. The van der Waals surface area contributed by atoms with Crippen LogP contribution in [-0.2, 0) is 0 Å². The zero-order valence-electron chi connectivity index (χ0n) is 20.7. The zero-order chi connectivity index (χ0) is 25.2. The first-order chi connectivity index (χ1) is 18.1. The first-order valence-electron chi connectivity index (χ1n) is 12.8. The van der Waals surface area contributed by atoms with E-state index in [1.165, 1.54) is 19.3 Å². The maximum Gasteiger partial charge on any atom is 0.276 e. The average Bonchev–Trinajstić information content (AvgIpc) is 3.38. The van der Waals surface area contributed by atoms with Gasteiger partial charge in [-0.15, -0.1) is 0 Å². The number of aromatic amines is 1. The van der Waals surface area contributed by atoms with E-state index in [0.717, 1.165) is 72.8 Å². The number of nitrogens with one attached hydrogen (secondary N) is 2. The number of piperidine rings is 1. The number of hydrazine groups is 1. The summed E-state index contributed by atoms with van der Waals surface area (Å²) in [7, 11) is 0. The number of benzene rings is 1. The molecule has 0 atom stereocenters. The van der Waals surface area contributed by atoms with E-state index in [1.807, 2.05) is 47.7 Å². The molecule has 6 rings (SSSR count). The van der Waals surface area contributed by atoms with Crippen molar-refractivity contribution in [1.29, 1.82) is 0 Å². The second-order valence-electron chi connectivity index (χ2n) is 9.69. The Labute approximate surface area is 215 Å². The Morgan fingerprint density at radius 3 is 2.49 bits per heavy atom. The quantitative estimate of drug-likeness (QED) is 0.360. The van der Waals surface area contributed by atoms with Gasteiger partial charge in [0.1, 0.15) is 5.82 Å². The van der Waals surface area contributed by atoms with Crippen molar-refractivity contribution in [3.63, 3.8) is 0 Å². The van der Waals surface area contributed by atoms with Crippen LogP contribution in [0.3, 0.4) is 0 Å². The van der Waals surface area contributed by atoms with Crippen LogP contribution >= 0.6 is 0 Å². The fraction of sp³-hybridized carbons (Fsp3) is 0.333. The van der Waals surface area contributed by atoms with E-state index < -0.39 is 0 Å². The third-order valence-electron chi connectivity index (χ3n) is 7.20. The molecule has 2 aliphatic heterocycles. The van der Waals surface area contributed by atoms with Gasteiger partial charge in [-0.3, -0.25) is 20.7 Å². The van der Waals surface area contributed by atoms with Gasteiger partial charge >= 0.3 is 0 Å². The molecule has 0 aliphatic carbocycles. The van der Waals surface area contributed by atoms with Crippen molar-refractivity contribution in [2.24, 2.45) is 5.84 Å². The van der Waals surface area contributed by atoms with Crippen LogP contribution in [0.4, 0.5) is 17.2 Å². The molecule has 10 nitrogen and oxygen atoms in total. The molecule has 0 spiro atoms. The van der Waals surface area contributed by atoms with Crippen molar-refractivity contribution in [2.75, 3.05) is 54.4 Å². The first-order valence-corrected chi connectivity index (χ1v) is 12.8. The van der Waals surface area contributed by atoms with Gasteiger partial charge in [0.05, 0.1) is 29.3 Å². The SMILES string of the molecule is NN1CCN(c2ccc(NC(=O)c3n[nH]c4ccc(-c5cncc(N6CCCCC6)c5)cc34)cn2)CC1. The summed E-state index contributed by atoms with van der Waals surface area (Å²) in [6.45, 7) is 5.38. The Morgan fingerprint density at radius 1 is 0.865 bits per heavy atom. The third kappa shape index (κ3) is 4.98. The van der Waals surface area contributed by atoms with Crippen LogP contribution in [-0.4, -0.2) is 70.3 Å². The summed E-state index contributed by atoms with van der Waals surface area (Å²) in [4.78, 5) is 26.8. The second kappa shape index (κ2) is 10.2. The van der Waals surface area contributed by atoms with E-state index in [9.17, 15) is 4.79 Å². The second-order valence-corrected chi connectivity index (χ2v) is 9.69. The first kappa shape index (κ1) is 23.4. The number of amides is 1. The lowest BCUT2D eigenvalue weighted by Gasteiger charge is -2.32. The molecule has 0 unspecified atom stereocenters. The number of carbonyl (C=O) groups is 1. The summed E-state index contributed by atoms with van der Waals surface area (Å²) < 4.78 is 0. The molecule has 37 heavy (non-hydrogen) atoms. The van der Waals surface area contributed by atoms with Crippen LogP contribution < -0.4 is 21.0 Å². The van der Waals surface area contributed by atoms with Crippen LogP contribution in [0, 0.1) is 0 Å². The summed E-state index contributed by atoms with van der Waals surface area (Å²) in [6.07, 6.45) is 9.20. The molecule has 5 heterocycles. The van der Waals surface area contributed by atoms with Gasteiger partial charge in [0.15, 0.2) is 5.69 Å². The molecule has 1 amide bonds. The Bertz CT molecular complexity index is 1390. The van der Waals surface area contributed by atoms with Crippen LogP contribution in [0.5, 0.6) is 0 Å². The minimum absolute atomic E-state index is 0.283. The van der Waals surface area contributed by atoms with E-state index in [1.54, 1.807) is 6.20 Å². The lowest BCUT2D eigenvalue weighted by atomic mass is 10.0. The minimum atomic E-state index is -0.283. The lowest BCUT2D eigenvalue weighted by Crippen LogP contribution is -2.49. The van der Waals surface area contributed by atoms with Crippen LogP contribution in [0.2, 0.25) is 0 Å². The fourth-order valence-corrected chi connectivity index (χ4v) is 5.07. The molecular formula is C27H31N9O. The van der Waals surface area contributed by atoms with Crippen molar-refractivity contribution >= 4 is 34.0 Å². The number of anilines is 3. The Hall–Kier alpha value is -4.02. The lowest BCUT2D eigenvalue weighted by molar-refractivity contribution is 0.102. The molecule has 2 fully saturated rings. The molecule has 1 aromatic carbocycles. The van der Waals surface area contributed by atoms with Gasteiger partial charge in [0.2, 0.25) is 0 Å². The zero-order valence-corrected chi connectivity index (χ0v) is 20.7. The fourth-order valence-electron chi connectivity index (χ4n) is 5.07. The van der Waals surface area contributed by atoms with E-state index in [2.05, 4.69) is 41.3 Å². The number of pyridine rings is 2. The normalized spacial score (nSPS) is 16.8. The van der Waals surface area contributed by atoms with E-state index in [-0.39, 0.29) is 5.91 Å². The number of rotatable bonds is 5. The summed E-state index contributed by atoms with van der Waals surface area (Å²) in [6, 6.07) is 12.0. The number of nitrogens with two attached hydrogens (primary N) is 1. The molecule has 190 valence electrons. The van der Waals surface area contributed by atoms with Crippen molar-refractivity contribution in [3.05, 3.63) is 60.7 Å². The van der Waals surface area contributed by atoms with Gasteiger partial charge in [-0.25, -0.2) is 9.99 Å². The highest BCUT2D eigenvalue weighted by molar-refractivity contribution is 6.11. The molecule has 4 aromatic rings. The molecule has 0 saturated carbocycles. The average molecular weight is 498 g/mol. The minimum Gasteiger partial charge on any atom is -0.370 e. The smallest absolute Gasteiger partial charge is 0.276 e. The summed E-state index contributed by atoms with van der Waals surface area (Å²) >= 11 is 0. The number of aromatic nitrogens is 4. The number of nitrogens with zero attached hydrogens (tertiary/aromatic N) is 6. The van der Waals surface area contributed by atoms with Gasteiger partial charge < -0.3 is 15.1 Å². The Kier molecular flexibility index (Phi) is 6.42. The maximum absolute atomic E-state index is 13.2. The monoisotopic (exact) mass is 497 g/mol. The van der Waals surface area contributed by atoms with E-state index in [0.29, 0.717) is 11.4 Å². The molecule has 2 saturated heterocycles. The Morgan fingerprint density at radius 2 is 1.70 bits per heavy atom. The predicted octanol–water partition coefficient (Wildman–Crippen LogP) is 3.26. The number of H-pyrrole nitrogens is 1. The largest absolute Gasteiger partial charge is 0.370 e. The van der Waals surface area contributed by atoms with Crippen LogP contribution in [0.15, 0.2) is 55.0 Å². The molecular weight excluding hydrogens is 466 g/mol. The topological polar surface area (TPSA) is 119 Å². The van der Waals surface area contributed by atoms with Gasteiger partial charge in [0.25, 0.3) is 5.91 Å². The molecule has 4 N–H and O–H groups in total. The Balaban J connectivity index is 1.20. The van der Waals surface area contributed by atoms with Crippen molar-refractivity contribution in [2.45, 2.75) is 19.3 Å². The number of fused-ring (bicyclic) bond motifs is 1. The standard InChI is InChI=1S/C27H31N9O/c28-36-12-10-35(11-13-36)25-7-5-21(17-30-25)31-27(37)26-23-15-19(4-6-24(23)32-33-26)20-14-22(18-29-16-20)34-8-2-1-3-9-34/h4-7,14-18H,1-3,8-13,28H2,(H,31,37)(H,32,33). The highest BCUT2D eigenvalue weighted by atomic mass is 16.1. The number of hydrogen-bond donors (Lipinski definition) is 3. The van der Waals surface area contributed by atoms with E-state index in [4.69, 9.17) is 5.84 Å². The van der Waals surface area contributed by atoms with Crippen LogP contribution in [0.25, 0.3) is 22.0 Å². The highest BCUT2D eigenvalue weighted by Gasteiger charge is 2.18. The van der Waals surface area contributed by atoms with Crippen molar-refractivity contribution in [3.8, 4) is 11.1 Å². The van der Waals surface area contributed by atoms with E-state index >= 15 is 0 Å². The van der Waals surface area contributed by atoms with Crippen molar-refractivity contribution in [1.82, 2.24) is 25.2 Å². The number of hydrogen-bond acceptors (Lipinski definition) is 8. The molecule has 3 aromatic heterocycles.